The molecule has 1 aromatic carbocycles. The summed E-state index contributed by atoms with van der Waals surface area (Å²) >= 11 is 0. The van der Waals surface area contributed by atoms with Crippen molar-refractivity contribution in [3.8, 4) is 5.75 Å². The Morgan fingerprint density at radius 3 is 2.95 bits per heavy atom. The first-order valence-electron chi connectivity index (χ1n) is 8.30. The number of nitrogens with one attached hydrogen (secondary N) is 1. The van der Waals surface area contributed by atoms with Gasteiger partial charge in [0.1, 0.15) is 5.75 Å². The molecule has 0 spiro atoms. The summed E-state index contributed by atoms with van der Waals surface area (Å²) in [6.45, 7) is 11.1. The predicted molar refractivity (Wildman–Crippen MR) is 87.0 cm³/mol. The van der Waals surface area contributed by atoms with E-state index in [0.29, 0.717) is 12.0 Å². The van der Waals surface area contributed by atoms with Crippen LogP contribution in [0.15, 0.2) is 24.3 Å². The first kappa shape index (κ1) is 14.9. The van der Waals surface area contributed by atoms with Crippen molar-refractivity contribution in [2.75, 3.05) is 26.2 Å². The van der Waals surface area contributed by atoms with E-state index in [1.165, 1.54) is 18.4 Å². The van der Waals surface area contributed by atoms with Crippen LogP contribution in [0, 0.1) is 0 Å². The fourth-order valence-corrected chi connectivity index (χ4v) is 3.71. The molecule has 3 nitrogen and oxygen atoms in total. The van der Waals surface area contributed by atoms with E-state index >= 15 is 0 Å². The molecule has 0 saturated carbocycles. The van der Waals surface area contributed by atoms with Crippen LogP contribution in [0.4, 0.5) is 0 Å². The second-order valence-electron chi connectivity index (χ2n) is 7.18. The van der Waals surface area contributed by atoms with Gasteiger partial charge >= 0.3 is 0 Å². The second-order valence-corrected chi connectivity index (χ2v) is 7.18. The van der Waals surface area contributed by atoms with Gasteiger partial charge in [0.15, 0.2) is 0 Å². The minimum absolute atomic E-state index is 0.212. The van der Waals surface area contributed by atoms with Crippen LogP contribution in [-0.4, -0.2) is 42.7 Å². The molecule has 2 unspecified atom stereocenters. The first-order chi connectivity index (χ1) is 10.1. The zero-order valence-electron chi connectivity index (χ0n) is 13.6. The minimum atomic E-state index is 0.212. The van der Waals surface area contributed by atoms with Crippen molar-refractivity contribution < 1.29 is 4.74 Å². The number of piperazine rings is 1. The van der Waals surface area contributed by atoms with Crippen LogP contribution in [0.5, 0.6) is 5.75 Å². The topological polar surface area (TPSA) is 24.5 Å². The van der Waals surface area contributed by atoms with Gasteiger partial charge in [0.2, 0.25) is 0 Å². The lowest BCUT2D eigenvalue weighted by Crippen LogP contribution is -2.62. The molecule has 3 rings (SSSR count). The van der Waals surface area contributed by atoms with Gasteiger partial charge in [-0.25, -0.2) is 0 Å². The molecule has 1 N–H and O–H groups in total. The first-order valence-corrected chi connectivity index (χ1v) is 8.30. The van der Waals surface area contributed by atoms with Crippen LogP contribution in [0.3, 0.4) is 0 Å². The van der Waals surface area contributed by atoms with Gasteiger partial charge in [-0.3, -0.25) is 4.90 Å². The van der Waals surface area contributed by atoms with Gasteiger partial charge in [0.25, 0.3) is 0 Å². The largest absolute Gasteiger partial charge is 0.493 e. The van der Waals surface area contributed by atoms with Gasteiger partial charge in [-0.1, -0.05) is 31.5 Å². The maximum atomic E-state index is 5.86. The number of benzene rings is 1. The minimum Gasteiger partial charge on any atom is -0.493 e. The van der Waals surface area contributed by atoms with Gasteiger partial charge in [-0.15, -0.1) is 0 Å². The van der Waals surface area contributed by atoms with Crippen molar-refractivity contribution in [1.82, 2.24) is 10.2 Å². The summed E-state index contributed by atoms with van der Waals surface area (Å²) in [6.07, 6.45) is 2.53. The normalized spacial score (nSPS) is 28.1. The smallest absolute Gasteiger partial charge is 0.122 e. The van der Waals surface area contributed by atoms with E-state index in [-0.39, 0.29) is 5.54 Å². The van der Waals surface area contributed by atoms with Crippen molar-refractivity contribution in [2.24, 2.45) is 0 Å². The van der Waals surface area contributed by atoms with Crippen LogP contribution in [0.2, 0.25) is 0 Å². The number of ether oxygens (including phenoxy) is 1. The predicted octanol–water partition coefficient (Wildman–Crippen LogP) is 3.02. The zero-order chi connectivity index (χ0) is 14.9. The monoisotopic (exact) mass is 288 g/mol. The summed E-state index contributed by atoms with van der Waals surface area (Å²) in [7, 11) is 0. The average Bonchev–Trinajstić information content (AvgIpc) is 2.85. The van der Waals surface area contributed by atoms with E-state index in [4.69, 9.17) is 4.74 Å². The Balaban J connectivity index is 1.72. The van der Waals surface area contributed by atoms with E-state index in [1.54, 1.807) is 0 Å². The SMILES string of the molecule is CCCC1CNC(C)(C)CN1CC1COc2ccccc21. The van der Waals surface area contributed by atoms with Crippen molar-refractivity contribution in [1.29, 1.82) is 0 Å². The third kappa shape index (κ3) is 3.24. The summed E-state index contributed by atoms with van der Waals surface area (Å²) in [4.78, 5) is 2.69. The summed E-state index contributed by atoms with van der Waals surface area (Å²) < 4.78 is 5.86. The van der Waals surface area contributed by atoms with Gasteiger partial charge in [-0.2, -0.15) is 0 Å². The molecule has 0 radical (unpaired) electrons. The standard InChI is InChI=1S/C18H28N2O/c1-4-7-15-10-19-18(2,3)13-20(15)11-14-12-21-17-9-6-5-8-16(14)17/h5-6,8-9,14-15,19H,4,7,10-13H2,1-3H3. The number of hydrogen-bond donors (Lipinski definition) is 1. The number of para-hydroxylation sites is 1. The fourth-order valence-electron chi connectivity index (χ4n) is 3.71. The second kappa shape index (κ2) is 5.98. The molecule has 116 valence electrons. The molecule has 2 atom stereocenters. The van der Waals surface area contributed by atoms with Crippen molar-refractivity contribution in [3.63, 3.8) is 0 Å². The zero-order valence-corrected chi connectivity index (χ0v) is 13.6. The van der Waals surface area contributed by atoms with E-state index in [2.05, 4.69) is 55.3 Å². The molecule has 0 aromatic heterocycles. The molecule has 0 amide bonds. The molecule has 3 heteroatoms. The van der Waals surface area contributed by atoms with E-state index < -0.39 is 0 Å². The van der Waals surface area contributed by atoms with Crippen molar-refractivity contribution in [3.05, 3.63) is 29.8 Å². The molecular weight excluding hydrogens is 260 g/mol. The van der Waals surface area contributed by atoms with Crippen LogP contribution in [0.1, 0.15) is 45.1 Å². The molecule has 0 bridgehead atoms. The summed E-state index contributed by atoms with van der Waals surface area (Å²) in [5.74, 6) is 1.61. The molecule has 1 fully saturated rings. The lowest BCUT2D eigenvalue weighted by molar-refractivity contribution is 0.0805. The quantitative estimate of drug-likeness (QED) is 0.922. The number of nitrogens with zero attached hydrogens (tertiary/aromatic N) is 1. The molecular formula is C18H28N2O. The maximum Gasteiger partial charge on any atom is 0.122 e. The maximum absolute atomic E-state index is 5.86. The van der Waals surface area contributed by atoms with Gasteiger partial charge in [0.05, 0.1) is 6.61 Å². The Kier molecular flexibility index (Phi) is 4.23. The Hall–Kier alpha value is -1.06. The molecule has 2 heterocycles. The molecule has 1 saturated heterocycles. The Morgan fingerprint density at radius 2 is 2.14 bits per heavy atom. The highest BCUT2D eigenvalue weighted by atomic mass is 16.5. The highest BCUT2D eigenvalue weighted by Crippen LogP contribution is 2.35. The Morgan fingerprint density at radius 1 is 1.33 bits per heavy atom. The highest BCUT2D eigenvalue weighted by molar-refractivity contribution is 5.39. The van der Waals surface area contributed by atoms with Gasteiger partial charge in [-0.05, 0) is 26.3 Å². The van der Waals surface area contributed by atoms with Gasteiger partial charge in [0, 0.05) is 42.7 Å². The Labute approximate surface area is 128 Å². The van der Waals surface area contributed by atoms with E-state index in [1.807, 2.05) is 0 Å². The van der Waals surface area contributed by atoms with Crippen LogP contribution in [-0.2, 0) is 0 Å². The molecule has 1 aromatic rings. The highest BCUT2D eigenvalue weighted by Gasteiger charge is 2.35. The van der Waals surface area contributed by atoms with Crippen LogP contribution >= 0.6 is 0 Å². The fraction of sp³-hybridized carbons (Fsp3) is 0.667. The summed E-state index contributed by atoms with van der Waals surface area (Å²) in [5.41, 5.74) is 1.60. The molecule has 2 aliphatic heterocycles. The van der Waals surface area contributed by atoms with Gasteiger partial charge < -0.3 is 10.1 Å². The van der Waals surface area contributed by atoms with E-state index in [0.717, 1.165) is 32.0 Å². The Bertz CT molecular complexity index is 486. The van der Waals surface area contributed by atoms with Crippen LogP contribution in [0.25, 0.3) is 0 Å². The number of hydrogen-bond acceptors (Lipinski definition) is 3. The van der Waals surface area contributed by atoms with E-state index in [9.17, 15) is 0 Å². The average molecular weight is 288 g/mol. The third-order valence-corrected chi connectivity index (χ3v) is 4.81. The molecule has 2 aliphatic rings. The van der Waals surface area contributed by atoms with Crippen LogP contribution < -0.4 is 10.1 Å². The van der Waals surface area contributed by atoms with Crippen molar-refractivity contribution >= 4 is 0 Å². The number of fused-ring (bicyclic) bond motifs is 1. The third-order valence-electron chi connectivity index (χ3n) is 4.81. The van der Waals surface area contributed by atoms with Crippen molar-refractivity contribution in [2.45, 2.75) is 51.1 Å². The molecule has 21 heavy (non-hydrogen) atoms. The lowest BCUT2D eigenvalue weighted by atomic mass is 9.93. The lowest BCUT2D eigenvalue weighted by Gasteiger charge is -2.45. The summed E-state index contributed by atoms with van der Waals surface area (Å²) in [6, 6.07) is 9.19. The number of rotatable bonds is 4. The molecule has 0 aliphatic carbocycles. The summed E-state index contributed by atoms with van der Waals surface area (Å²) in [5, 5.41) is 3.69.